The van der Waals surface area contributed by atoms with Gasteiger partial charge < -0.3 is 9.30 Å². The van der Waals surface area contributed by atoms with Gasteiger partial charge in [0.25, 0.3) is 0 Å². The molecule has 0 saturated carbocycles. The highest BCUT2D eigenvalue weighted by Gasteiger charge is 2.21. The van der Waals surface area contributed by atoms with Gasteiger partial charge in [-0.3, -0.25) is 9.51 Å². The quantitative estimate of drug-likeness (QED) is 0.390. The molecule has 6 rings (SSSR count). The molecule has 0 amide bonds. The minimum Gasteiger partial charge on any atom is -0.488 e. The summed E-state index contributed by atoms with van der Waals surface area (Å²) in [6.45, 7) is 3.07. The molecule has 0 unspecified atom stereocenters. The number of nitrogens with zero attached hydrogens (tertiary/aromatic N) is 4. The number of imidazole rings is 1. The van der Waals surface area contributed by atoms with Crippen LogP contribution in [0.15, 0.2) is 64.0 Å². The van der Waals surface area contributed by atoms with Crippen molar-refractivity contribution in [2.75, 3.05) is 0 Å². The molecule has 0 spiro atoms. The molecule has 0 bridgehead atoms. The first kappa shape index (κ1) is 21.4. The first-order chi connectivity index (χ1) is 17.1. The molecular formula is C26H20ClN5O3. The predicted molar refractivity (Wildman–Crippen MR) is 132 cm³/mol. The van der Waals surface area contributed by atoms with E-state index in [0.29, 0.717) is 29.5 Å². The number of rotatable bonds is 4. The normalized spacial score (nSPS) is 13.9. The summed E-state index contributed by atoms with van der Waals surface area (Å²) >= 11 is 6.37. The molecule has 4 heterocycles. The molecule has 1 aliphatic rings. The van der Waals surface area contributed by atoms with Crippen molar-refractivity contribution in [3.8, 4) is 5.75 Å². The van der Waals surface area contributed by atoms with Gasteiger partial charge in [-0.1, -0.05) is 54.0 Å². The number of hydrogen-bond donors (Lipinski definition) is 1. The first-order valence-corrected chi connectivity index (χ1v) is 11.6. The Morgan fingerprint density at radius 2 is 2.06 bits per heavy atom. The predicted octanol–water partition coefficient (Wildman–Crippen LogP) is 4.85. The second kappa shape index (κ2) is 8.56. The van der Waals surface area contributed by atoms with Crippen LogP contribution in [0, 0.1) is 0 Å². The number of benzene rings is 2. The molecule has 3 aromatic heterocycles. The maximum atomic E-state index is 11.5. The number of nitrogens with one attached hydrogen (secondary N) is 1. The minimum atomic E-state index is -0.599. The Morgan fingerprint density at radius 3 is 2.89 bits per heavy atom. The van der Waals surface area contributed by atoms with Crippen LogP contribution < -0.4 is 10.5 Å². The zero-order valence-corrected chi connectivity index (χ0v) is 19.5. The maximum Gasteiger partial charge on any atom is 0.439 e. The summed E-state index contributed by atoms with van der Waals surface area (Å²) in [6, 6.07) is 15.9. The van der Waals surface area contributed by atoms with Crippen LogP contribution in [0.5, 0.6) is 5.75 Å². The number of hydrogen-bond acceptors (Lipinski definition) is 6. The molecular weight excluding hydrogens is 466 g/mol. The Bertz CT molecular complexity index is 1660. The van der Waals surface area contributed by atoms with E-state index in [1.54, 1.807) is 18.3 Å². The van der Waals surface area contributed by atoms with Gasteiger partial charge >= 0.3 is 5.76 Å². The van der Waals surface area contributed by atoms with Gasteiger partial charge in [0.15, 0.2) is 11.5 Å². The monoisotopic (exact) mass is 485 g/mol. The minimum absolute atomic E-state index is 0.345. The molecule has 1 aliphatic heterocycles. The Hall–Kier alpha value is -4.17. The van der Waals surface area contributed by atoms with Crippen molar-refractivity contribution >= 4 is 34.4 Å². The molecule has 174 valence electrons. The highest BCUT2D eigenvalue weighted by atomic mass is 35.5. The van der Waals surface area contributed by atoms with Gasteiger partial charge in [0.1, 0.15) is 23.7 Å². The van der Waals surface area contributed by atoms with E-state index in [1.165, 1.54) is 0 Å². The van der Waals surface area contributed by atoms with E-state index in [9.17, 15) is 4.79 Å². The summed E-state index contributed by atoms with van der Waals surface area (Å²) in [5, 5.41) is 4.42. The molecule has 8 nitrogen and oxygen atoms in total. The lowest BCUT2D eigenvalue weighted by molar-refractivity contribution is 0.307. The summed E-state index contributed by atoms with van der Waals surface area (Å²) in [6.07, 6.45) is 4.27. The standard InChI is InChI=1S/C26H20ClN5O3/c1-2-23-30-24-20(27)9-10-28-25(24)32(23)13-15-7-8-17-16(11-15)14-34-21-6-4-3-5-18(21)19(17)12-22-29-26(33)35-31-22/h3-12H,2,13-14H2,1H3,(H,29,31,33). The number of fused-ring (bicyclic) bond motifs is 3. The smallest absolute Gasteiger partial charge is 0.439 e. The van der Waals surface area contributed by atoms with Gasteiger partial charge in [0.05, 0.1) is 11.6 Å². The Morgan fingerprint density at radius 1 is 1.17 bits per heavy atom. The van der Waals surface area contributed by atoms with E-state index in [4.69, 9.17) is 25.8 Å². The van der Waals surface area contributed by atoms with E-state index in [0.717, 1.165) is 51.5 Å². The number of aromatic nitrogens is 5. The van der Waals surface area contributed by atoms with E-state index in [-0.39, 0.29) is 0 Å². The molecule has 0 saturated heterocycles. The van der Waals surface area contributed by atoms with Crippen LogP contribution in [0.4, 0.5) is 0 Å². The van der Waals surface area contributed by atoms with Gasteiger partial charge in [-0.15, -0.1) is 0 Å². The lowest BCUT2D eigenvalue weighted by Crippen LogP contribution is -2.06. The van der Waals surface area contributed by atoms with Crippen LogP contribution in [-0.2, 0) is 19.6 Å². The SMILES string of the molecule is CCc1nc2c(Cl)ccnc2n1Cc1ccc2c(c1)COc1ccccc1C2=Cc1noc(=O)[nH]1. The molecule has 35 heavy (non-hydrogen) atoms. The fourth-order valence-corrected chi connectivity index (χ4v) is 4.67. The van der Waals surface area contributed by atoms with Crippen molar-refractivity contribution in [1.82, 2.24) is 24.7 Å². The number of pyridine rings is 1. The summed E-state index contributed by atoms with van der Waals surface area (Å²) in [5.74, 6) is 1.43. The van der Waals surface area contributed by atoms with Crippen LogP contribution >= 0.6 is 11.6 Å². The second-order valence-corrected chi connectivity index (χ2v) is 8.65. The van der Waals surface area contributed by atoms with Crippen LogP contribution in [0.25, 0.3) is 22.8 Å². The summed E-state index contributed by atoms with van der Waals surface area (Å²) in [5.41, 5.74) is 6.38. The number of para-hydroxylation sites is 1. The second-order valence-electron chi connectivity index (χ2n) is 8.25. The van der Waals surface area contributed by atoms with Crippen molar-refractivity contribution in [2.45, 2.75) is 26.5 Å². The Balaban J connectivity index is 1.45. The van der Waals surface area contributed by atoms with E-state index < -0.39 is 5.76 Å². The molecule has 0 atom stereocenters. The van der Waals surface area contributed by atoms with Gasteiger partial charge in [0.2, 0.25) is 0 Å². The number of ether oxygens (including phenoxy) is 1. The molecule has 2 aromatic carbocycles. The lowest BCUT2D eigenvalue weighted by atomic mass is 9.92. The largest absolute Gasteiger partial charge is 0.488 e. The molecule has 9 heteroatoms. The summed E-state index contributed by atoms with van der Waals surface area (Å²) in [7, 11) is 0. The number of halogens is 1. The van der Waals surface area contributed by atoms with Crippen molar-refractivity contribution in [2.24, 2.45) is 0 Å². The van der Waals surface area contributed by atoms with Crippen molar-refractivity contribution in [1.29, 1.82) is 0 Å². The zero-order valence-electron chi connectivity index (χ0n) is 18.8. The van der Waals surface area contributed by atoms with E-state index in [1.807, 2.05) is 24.3 Å². The fraction of sp³-hybridized carbons (Fsp3) is 0.154. The summed E-state index contributed by atoms with van der Waals surface area (Å²) in [4.78, 5) is 23.3. The number of H-pyrrole nitrogens is 1. The van der Waals surface area contributed by atoms with Crippen LogP contribution in [0.1, 0.15) is 40.8 Å². The van der Waals surface area contributed by atoms with Gasteiger partial charge in [0, 0.05) is 18.2 Å². The third-order valence-electron chi connectivity index (χ3n) is 6.08. The third kappa shape index (κ3) is 3.81. The zero-order chi connectivity index (χ0) is 23.9. The fourth-order valence-electron chi connectivity index (χ4n) is 4.49. The highest BCUT2D eigenvalue weighted by molar-refractivity contribution is 6.34. The van der Waals surface area contributed by atoms with Gasteiger partial charge in [-0.2, -0.15) is 0 Å². The third-order valence-corrected chi connectivity index (χ3v) is 6.38. The molecule has 1 N–H and O–H groups in total. The van der Waals surface area contributed by atoms with Crippen molar-refractivity contribution < 1.29 is 9.26 Å². The molecule has 0 aliphatic carbocycles. The van der Waals surface area contributed by atoms with Crippen molar-refractivity contribution in [3.63, 3.8) is 0 Å². The highest BCUT2D eigenvalue weighted by Crippen LogP contribution is 2.38. The Labute approximate surface area is 204 Å². The van der Waals surface area contributed by atoms with Crippen LogP contribution in [0.3, 0.4) is 0 Å². The topological polar surface area (TPSA) is 98.8 Å². The van der Waals surface area contributed by atoms with Crippen molar-refractivity contribution in [3.05, 3.63) is 104 Å². The lowest BCUT2D eigenvalue weighted by Gasteiger charge is -2.13. The molecule has 0 radical (unpaired) electrons. The van der Waals surface area contributed by atoms with Gasteiger partial charge in [-0.25, -0.2) is 14.8 Å². The van der Waals surface area contributed by atoms with E-state index >= 15 is 0 Å². The maximum absolute atomic E-state index is 11.5. The Kier molecular flexibility index (Phi) is 5.22. The molecule has 0 fully saturated rings. The van der Waals surface area contributed by atoms with Gasteiger partial charge in [-0.05, 0) is 46.5 Å². The molecule has 5 aromatic rings. The average molecular weight is 486 g/mol. The average Bonchev–Trinajstić information content (AvgIpc) is 3.41. The van der Waals surface area contributed by atoms with E-state index in [2.05, 4.69) is 44.8 Å². The van der Waals surface area contributed by atoms with Crippen LogP contribution in [-0.4, -0.2) is 24.7 Å². The number of aryl methyl sites for hydroxylation is 1. The first-order valence-electron chi connectivity index (χ1n) is 11.2. The number of aromatic amines is 1. The summed E-state index contributed by atoms with van der Waals surface area (Å²) < 4.78 is 13.0. The van der Waals surface area contributed by atoms with Crippen LogP contribution in [0.2, 0.25) is 5.02 Å².